The highest BCUT2D eigenvalue weighted by atomic mass is 16.5. The third-order valence-electron chi connectivity index (χ3n) is 5.91. The number of nitrogens with zero attached hydrogens (tertiary/aromatic N) is 3. The number of hydrogen-bond acceptors (Lipinski definition) is 4. The summed E-state index contributed by atoms with van der Waals surface area (Å²) in [6.45, 7) is 10.3. The van der Waals surface area contributed by atoms with Crippen molar-refractivity contribution in [3.8, 4) is 0 Å². The van der Waals surface area contributed by atoms with E-state index in [0.29, 0.717) is 29.3 Å². The van der Waals surface area contributed by atoms with Gasteiger partial charge in [-0.05, 0) is 78.2 Å². The Hall–Kier alpha value is -1.95. The molecule has 0 radical (unpaired) electrons. The van der Waals surface area contributed by atoms with Crippen LogP contribution in [0.2, 0.25) is 0 Å². The van der Waals surface area contributed by atoms with Gasteiger partial charge in [-0.1, -0.05) is 0 Å². The number of carbonyl (C=O) groups excluding carboxylic acids is 1. The van der Waals surface area contributed by atoms with Crippen molar-refractivity contribution in [1.82, 2.24) is 19.7 Å². The van der Waals surface area contributed by atoms with Crippen LogP contribution in [0.1, 0.15) is 68.3 Å². The topological polar surface area (TPSA) is 68.5 Å². The maximum Gasteiger partial charge on any atom is 0.274 e. The van der Waals surface area contributed by atoms with Crippen LogP contribution in [0.15, 0.2) is 12.4 Å². The molecule has 0 aromatic carbocycles. The summed E-state index contributed by atoms with van der Waals surface area (Å²) in [5.74, 6) is 0.878. The first-order chi connectivity index (χ1) is 12.7. The first kappa shape index (κ1) is 18.4. The average molecular weight is 370 g/mol. The van der Waals surface area contributed by atoms with Crippen LogP contribution in [0.5, 0.6) is 0 Å². The molecule has 2 aliphatic carbocycles. The second-order valence-electron chi connectivity index (χ2n) is 9.25. The molecule has 1 amide bonds. The Bertz CT molecular complexity index is 853. The largest absolute Gasteiger partial charge is 0.373 e. The van der Waals surface area contributed by atoms with E-state index >= 15 is 0 Å². The number of nitrogens with one attached hydrogen (secondary N) is 1. The van der Waals surface area contributed by atoms with Crippen molar-refractivity contribution in [1.29, 1.82) is 0 Å². The zero-order valence-corrected chi connectivity index (χ0v) is 17.0. The van der Waals surface area contributed by atoms with E-state index in [1.165, 1.54) is 12.8 Å². The molecule has 27 heavy (non-hydrogen) atoms. The standard InChI is InChI=1S/C21H30N4O2/c1-12-8-13(2)25-11-22-18(19(25)23-12)20(26)24-17-14-6-7-15(17)10-16(9-14)27-21(3,4)5/h8,11,14-17H,6-7,9-10H2,1-5H3,(H,24,26)/t14-,15+,16+,17-. The molecule has 2 heterocycles. The van der Waals surface area contributed by atoms with Crippen LogP contribution in [0, 0.1) is 25.7 Å². The number of aryl methyl sites for hydroxylation is 2. The Morgan fingerprint density at radius 3 is 2.52 bits per heavy atom. The van der Waals surface area contributed by atoms with Crippen LogP contribution in [0.3, 0.4) is 0 Å². The first-order valence-corrected chi connectivity index (χ1v) is 10.0. The normalized spacial score (nSPS) is 27.9. The lowest BCUT2D eigenvalue weighted by Gasteiger charge is -2.38. The molecule has 2 aliphatic rings. The molecule has 0 aliphatic heterocycles. The van der Waals surface area contributed by atoms with Gasteiger partial charge in [0.05, 0.1) is 11.7 Å². The Morgan fingerprint density at radius 2 is 1.89 bits per heavy atom. The maximum atomic E-state index is 13.0. The molecule has 2 fully saturated rings. The molecule has 4 rings (SSSR count). The first-order valence-electron chi connectivity index (χ1n) is 10.0. The van der Waals surface area contributed by atoms with E-state index in [1.807, 2.05) is 24.3 Å². The molecule has 0 unspecified atom stereocenters. The average Bonchev–Trinajstić information content (AvgIpc) is 3.05. The fourth-order valence-electron chi connectivity index (χ4n) is 4.96. The van der Waals surface area contributed by atoms with Gasteiger partial charge in [0.1, 0.15) is 6.33 Å². The monoisotopic (exact) mass is 370 g/mol. The number of rotatable bonds is 3. The van der Waals surface area contributed by atoms with Crippen molar-refractivity contribution in [2.24, 2.45) is 11.8 Å². The molecule has 146 valence electrons. The van der Waals surface area contributed by atoms with E-state index in [9.17, 15) is 4.79 Å². The Balaban J connectivity index is 1.50. The SMILES string of the molecule is Cc1cc(C)n2cnc(C(=O)N[C@@H]3[C@@H]4CC[C@H]3C[C@@H](OC(C)(C)C)C4)c2n1. The Kier molecular flexibility index (Phi) is 4.49. The molecule has 2 bridgehead atoms. The number of aromatic nitrogens is 3. The van der Waals surface area contributed by atoms with Gasteiger partial charge in [0.2, 0.25) is 0 Å². The summed E-state index contributed by atoms with van der Waals surface area (Å²) >= 11 is 0. The molecule has 1 N–H and O–H groups in total. The van der Waals surface area contributed by atoms with Crippen LogP contribution in [0.4, 0.5) is 0 Å². The third kappa shape index (κ3) is 3.59. The molecule has 2 aromatic rings. The fraction of sp³-hybridized carbons (Fsp3) is 0.667. The number of amides is 1. The second-order valence-corrected chi connectivity index (χ2v) is 9.25. The van der Waals surface area contributed by atoms with Gasteiger partial charge in [0.15, 0.2) is 11.3 Å². The fourth-order valence-corrected chi connectivity index (χ4v) is 4.96. The zero-order chi connectivity index (χ0) is 19.3. The van der Waals surface area contributed by atoms with E-state index in [1.54, 1.807) is 6.33 Å². The van der Waals surface area contributed by atoms with Gasteiger partial charge in [-0.3, -0.25) is 9.20 Å². The number of ether oxygens (including phenoxy) is 1. The van der Waals surface area contributed by atoms with E-state index in [0.717, 1.165) is 24.2 Å². The summed E-state index contributed by atoms with van der Waals surface area (Å²) in [6.07, 6.45) is 6.38. The maximum absolute atomic E-state index is 13.0. The summed E-state index contributed by atoms with van der Waals surface area (Å²) in [6, 6.07) is 2.22. The van der Waals surface area contributed by atoms with Crippen molar-refractivity contribution >= 4 is 11.6 Å². The van der Waals surface area contributed by atoms with Gasteiger partial charge in [-0.15, -0.1) is 0 Å². The van der Waals surface area contributed by atoms with Crippen LogP contribution in [-0.2, 0) is 4.74 Å². The van der Waals surface area contributed by atoms with E-state index < -0.39 is 0 Å². The minimum atomic E-state index is -0.114. The quantitative estimate of drug-likeness (QED) is 0.898. The highest BCUT2D eigenvalue weighted by Crippen LogP contribution is 2.44. The summed E-state index contributed by atoms with van der Waals surface area (Å²) in [4.78, 5) is 21.9. The number of imidazole rings is 1. The molecule has 2 saturated carbocycles. The Labute approximate surface area is 160 Å². The molecule has 0 saturated heterocycles. The smallest absolute Gasteiger partial charge is 0.274 e. The van der Waals surface area contributed by atoms with Gasteiger partial charge in [0.25, 0.3) is 5.91 Å². The van der Waals surface area contributed by atoms with Crippen molar-refractivity contribution in [3.05, 3.63) is 29.5 Å². The highest BCUT2D eigenvalue weighted by molar-refractivity contribution is 5.98. The van der Waals surface area contributed by atoms with Crippen LogP contribution in [-0.4, -0.2) is 38.0 Å². The predicted molar refractivity (Wildman–Crippen MR) is 104 cm³/mol. The zero-order valence-electron chi connectivity index (χ0n) is 17.0. The summed E-state index contributed by atoms with van der Waals surface area (Å²) < 4.78 is 8.11. The summed E-state index contributed by atoms with van der Waals surface area (Å²) in [5, 5.41) is 3.29. The van der Waals surface area contributed by atoms with Crippen LogP contribution in [0.25, 0.3) is 5.65 Å². The molecule has 4 atom stereocenters. The minimum absolute atomic E-state index is 0.105. The lowest BCUT2D eigenvalue weighted by molar-refractivity contribution is -0.0875. The van der Waals surface area contributed by atoms with E-state index in [4.69, 9.17) is 4.74 Å². The third-order valence-corrected chi connectivity index (χ3v) is 5.91. The van der Waals surface area contributed by atoms with Crippen molar-refractivity contribution in [3.63, 3.8) is 0 Å². The van der Waals surface area contributed by atoms with E-state index in [2.05, 4.69) is 36.1 Å². The van der Waals surface area contributed by atoms with Gasteiger partial charge in [-0.2, -0.15) is 0 Å². The summed E-state index contributed by atoms with van der Waals surface area (Å²) in [5.41, 5.74) is 2.88. The van der Waals surface area contributed by atoms with Crippen LogP contribution >= 0.6 is 0 Å². The molecule has 6 nitrogen and oxygen atoms in total. The molecule has 2 aromatic heterocycles. The van der Waals surface area contributed by atoms with Gasteiger partial charge in [-0.25, -0.2) is 9.97 Å². The lowest BCUT2D eigenvalue weighted by Crippen LogP contribution is -2.47. The predicted octanol–water partition coefficient (Wildman–Crippen LogP) is 3.45. The van der Waals surface area contributed by atoms with E-state index in [-0.39, 0.29) is 17.6 Å². The number of carbonyl (C=O) groups is 1. The van der Waals surface area contributed by atoms with Crippen molar-refractivity contribution < 1.29 is 9.53 Å². The second kappa shape index (κ2) is 6.59. The highest BCUT2D eigenvalue weighted by Gasteiger charge is 2.44. The number of fused-ring (bicyclic) bond motifs is 3. The van der Waals surface area contributed by atoms with Gasteiger partial charge in [0, 0.05) is 17.4 Å². The molecule has 6 heteroatoms. The van der Waals surface area contributed by atoms with Gasteiger partial charge >= 0.3 is 0 Å². The molecular formula is C21H30N4O2. The van der Waals surface area contributed by atoms with Gasteiger partial charge < -0.3 is 10.1 Å². The Morgan fingerprint density at radius 1 is 1.22 bits per heavy atom. The molecule has 0 spiro atoms. The summed E-state index contributed by atoms with van der Waals surface area (Å²) in [7, 11) is 0. The molecular weight excluding hydrogens is 340 g/mol. The van der Waals surface area contributed by atoms with Crippen molar-refractivity contribution in [2.75, 3.05) is 0 Å². The lowest BCUT2D eigenvalue weighted by atomic mass is 9.82. The van der Waals surface area contributed by atoms with Crippen molar-refractivity contribution in [2.45, 2.75) is 78.0 Å². The number of hydrogen-bond donors (Lipinski definition) is 1. The minimum Gasteiger partial charge on any atom is -0.373 e. The van der Waals surface area contributed by atoms with Crippen LogP contribution < -0.4 is 5.32 Å².